The highest BCUT2D eigenvalue weighted by atomic mass is 35.5. The number of fused-ring (bicyclic) bond motifs is 1. The van der Waals surface area contributed by atoms with Crippen LogP contribution in [0, 0.1) is 12.7 Å². The minimum absolute atomic E-state index is 0. The SMILES string of the molecule is Cc1ccc(F)c2c1CNCC2.Cl. The molecular weight excluding hydrogens is 189 g/mol. The monoisotopic (exact) mass is 201 g/mol. The van der Waals surface area contributed by atoms with Gasteiger partial charge in [-0.25, -0.2) is 4.39 Å². The molecule has 0 aliphatic carbocycles. The van der Waals surface area contributed by atoms with Crippen LogP contribution >= 0.6 is 12.4 Å². The van der Waals surface area contributed by atoms with Gasteiger partial charge in [0, 0.05) is 6.54 Å². The fraction of sp³-hybridized carbons (Fsp3) is 0.400. The molecule has 0 saturated carbocycles. The number of rotatable bonds is 0. The van der Waals surface area contributed by atoms with E-state index < -0.39 is 0 Å². The number of aryl methyl sites for hydroxylation is 1. The van der Waals surface area contributed by atoms with Crippen molar-refractivity contribution in [3.05, 3.63) is 34.6 Å². The fourth-order valence-electron chi connectivity index (χ4n) is 1.72. The van der Waals surface area contributed by atoms with Gasteiger partial charge < -0.3 is 5.32 Å². The lowest BCUT2D eigenvalue weighted by Crippen LogP contribution is -2.25. The van der Waals surface area contributed by atoms with E-state index in [1.54, 1.807) is 6.07 Å². The molecule has 1 N–H and O–H groups in total. The van der Waals surface area contributed by atoms with Crippen molar-refractivity contribution in [1.29, 1.82) is 0 Å². The second kappa shape index (κ2) is 4.07. The molecule has 13 heavy (non-hydrogen) atoms. The van der Waals surface area contributed by atoms with Crippen LogP contribution < -0.4 is 5.32 Å². The van der Waals surface area contributed by atoms with E-state index in [4.69, 9.17) is 0 Å². The lowest BCUT2D eigenvalue weighted by atomic mass is 9.96. The van der Waals surface area contributed by atoms with E-state index in [-0.39, 0.29) is 18.2 Å². The Labute approximate surface area is 83.8 Å². The van der Waals surface area contributed by atoms with E-state index in [9.17, 15) is 4.39 Å². The van der Waals surface area contributed by atoms with Gasteiger partial charge in [0.1, 0.15) is 5.82 Å². The van der Waals surface area contributed by atoms with Crippen LogP contribution in [0.2, 0.25) is 0 Å². The van der Waals surface area contributed by atoms with Gasteiger partial charge >= 0.3 is 0 Å². The summed E-state index contributed by atoms with van der Waals surface area (Å²) in [6.45, 7) is 3.75. The van der Waals surface area contributed by atoms with Gasteiger partial charge in [-0.15, -0.1) is 12.4 Å². The van der Waals surface area contributed by atoms with E-state index in [0.717, 1.165) is 30.6 Å². The Bertz CT molecular complexity index is 281. The van der Waals surface area contributed by atoms with Crippen molar-refractivity contribution in [3.63, 3.8) is 0 Å². The quantitative estimate of drug-likeness (QED) is 0.679. The molecule has 0 radical (unpaired) electrons. The molecule has 72 valence electrons. The molecule has 0 spiro atoms. The van der Waals surface area contributed by atoms with E-state index in [2.05, 4.69) is 5.32 Å². The predicted octanol–water partition coefficient (Wildman–Crippen LogP) is 2.20. The molecule has 0 atom stereocenters. The van der Waals surface area contributed by atoms with E-state index >= 15 is 0 Å². The standard InChI is InChI=1S/C10H12FN.ClH/c1-7-2-3-10(11)8-4-5-12-6-9(7)8;/h2-3,12H,4-6H2,1H3;1H. The van der Waals surface area contributed by atoms with Crippen LogP contribution in [0.15, 0.2) is 12.1 Å². The Morgan fingerprint density at radius 3 is 2.77 bits per heavy atom. The molecule has 1 aromatic rings. The molecule has 1 aromatic carbocycles. The summed E-state index contributed by atoms with van der Waals surface area (Å²) in [6.07, 6.45) is 0.822. The molecule has 0 amide bonds. The molecular formula is C10H13ClFN. The summed E-state index contributed by atoms with van der Waals surface area (Å²) >= 11 is 0. The molecule has 1 aliphatic rings. The molecule has 0 aromatic heterocycles. The molecule has 0 saturated heterocycles. The molecule has 0 unspecified atom stereocenters. The number of hydrogen-bond donors (Lipinski definition) is 1. The van der Waals surface area contributed by atoms with Gasteiger partial charge in [-0.05, 0) is 42.6 Å². The third-order valence-corrected chi connectivity index (χ3v) is 2.46. The van der Waals surface area contributed by atoms with Crippen molar-refractivity contribution in [2.45, 2.75) is 19.9 Å². The molecule has 0 bridgehead atoms. The van der Waals surface area contributed by atoms with Crippen LogP contribution in [0.4, 0.5) is 4.39 Å². The first-order valence-electron chi connectivity index (χ1n) is 4.26. The van der Waals surface area contributed by atoms with Gasteiger partial charge in [0.15, 0.2) is 0 Å². The zero-order valence-corrected chi connectivity index (χ0v) is 8.38. The van der Waals surface area contributed by atoms with Crippen LogP contribution in [-0.4, -0.2) is 6.54 Å². The molecule has 2 rings (SSSR count). The Hall–Kier alpha value is -0.600. The lowest BCUT2D eigenvalue weighted by molar-refractivity contribution is 0.567. The van der Waals surface area contributed by atoms with Crippen molar-refractivity contribution in [2.24, 2.45) is 0 Å². The van der Waals surface area contributed by atoms with Crippen LogP contribution in [0.1, 0.15) is 16.7 Å². The number of halogens is 2. The van der Waals surface area contributed by atoms with Crippen LogP contribution in [-0.2, 0) is 13.0 Å². The smallest absolute Gasteiger partial charge is 0.126 e. The Balaban J connectivity index is 0.000000845. The molecule has 3 heteroatoms. The highest BCUT2D eigenvalue weighted by Crippen LogP contribution is 2.20. The third-order valence-electron chi connectivity index (χ3n) is 2.46. The van der Waals surface area contributed by atoms with Gasteiger partial charge in [0.25, 0.3) is 0 Å². The van der Waals surface area contributed by atoms with Gasteiger partial charge in [0.2, 0.25) is 0 Å². The molecule has 0 fully saturated rings. The molecule has 1 heterocycles. The van der Waals surface area contributed by atoms with E-state index in [1.807, 2.05) is 13.0 Å². The summed E-state index contributed by atoms with van der Waals surface area (Å²) in [5.41, 5.74) is 3.26. The lowest BCUT2D eigenvalue weighted by Gasteiger charge is -2.19. The van der Waals surface area contributed by atoms with Gasteiger partial charge in [-0.1, -0.05) is 6.07 Å². The summed E-state index contributed by atoms with van der Waals surface area (Å²) in [6, 6.07) is 3.42. The largest absolute Gasteiger partial charge is 0.312 e. The first-order chi connectivity index (χ1) is 5.79. The second-order valence-corrected chi connectivity index (χ2v) is 3.25. The first kappa shape index (κ1) is 10.5. The van der Waals surface area contributed by atoms with Gasteiger partial charge in [-0.3, -0.25) is 0 Å². The van der Waals surface area contributed by atoms with Gasteiger partial charge in [-0.2, -0.15) is 0 Å². The summed E-state index contributed by atoms with van der Waals surface area (Å²) in [7, 11) is 0. The van der Waals surface area contributed by atoms with Crippen LogP contribution in [0.5, 0.6) is 0 Å². The number of hydrogen-bond acceptors (Lipinski definition) is 1. The van der Waals surface area contributed by atoms with Crippen molar-refractivity contribution in [2.75, 3.05) is 6.54 Å². The fourth-order valence-corrected chi connectivity index (χ4v) is 1.72. The topological polar surface area (TPSA) is 12.0 Å². The number of nitrogens with one attached hydrogen (secondary N) is 1. The molecule has 1 nitrogen and oxygen atoms in total. The normalized spacial score (nSPS) is 14.6. The Morgan fingerprint density at radius 2 is 2.08 bits per heavy atom. The van der Waals surface area contributed by atoms with Crippen LogP contribution in [0.3, 0.4) is 0 Å². The van der Waals surface area contributed by atoms with Crippen molar-refractivity contribution in [3.8, 4) is 0 Å². The van der Waals surface area contributed by atoms with E-state index in [1.165, 1.54) is 5.56 Å². The average molecular weight is 202 g/mol. The van der Waals surface area contributed by atoms with Gasteiger partial charge in [0.05, 0.1) is 0 Å². The van der Waals surface area contributed by atoms with Crippen molar-refractivity contribution < 1.29 is 4.39 Å². The maximum absolute atomic E-state index is 13.2. The number of benzene rings is 1. The maximum atomic E-state index is 13.2. The minimum Gasteiger partial charge on any atom is -0.312 e. The van der Waals surface area contributed by atoms with Crippen LogP contribution in [0.25, 0.3) is 0 Å². The van der Waals surface area contributed by atoms with Crippen molar-refractivity contribution in [1.82, 2.24) is 5.32 Å². The highest BCUT2D eigenvalue weighted by Gasteiger charge is 2.14. The third kappa shape index (κ3) is 1.84. The summed E-state index contributed by atoms with van der Waals surface area (Å²) in [4.78, 5) is 0. The maximum Gasteiger partial charge on any atom is 0.126 e. The summed E-state index contributed by atoms with van der Waals surface area (Å²) in [5.74, 6) is -0.0444. The van der Waals surface area contributed by atoms with Crippen molar-refractivity contribution >= 4 is 12.4 Å². The highest BCUT2D eigenvalue weighted by molar-refractivity contribution is 5.85. The Morgan fingerprint density at radius 1 is 1.31 bits per heavy atom. The summed E-state index contributed by atoms with van der Waals surface area (Å²) < 4.78 is 13.2. The summed E-state index contributed by atoms with van der Waals surface area (Å²) in [5, 5.41) is 3.24. The molecule has 1 aliphatic heterocycles. The second-order valence-electron chi connectivity index (χ2n) is 3.25. The minimum atomic E-state index is -0.0444. The van der Waals surface area contributed by atoms with E-state index in [0.29, 0.717) is 0 Å². The average Bonchev–Trinajstić information content (AvgIpc) is 2.12. The zero-order valence-electron chi connectivity index (χ0n) is 7.56. The zero-order chi connectivity index (χ0) is 8.55. The predicted molar refractivity (Wildman–Crippen MR) is 53.8 cm³/mol. The Kier molecular flexibility index (Phi) is 3.28. The first-order valence-corrected chi connectivity index (χ1v) is 4.26.